The monoisotopic (exact) mass is 275 g/mol. The molecule has 0 amide bonds. The number of hydrogen-bond donors (Lipinski definition) is 2. The van der Waals surface area contributed by atoms with Gasteiger partial charge in [-0.25, -0.2) is 9.97 Å². The van der Waals surface area contributed by atoms with Crippen molar-refractivity contribution in [3.05, 3.63) is 18.6 Å². The summed E-state index contributed by atoms with van der Waals surface area (Å²) in [5.41, 5.74) is 0.871. The van der Waals surface area contributed by atoms with E-state index in [-0.39, 0.29) is 0 Å². The third-order valence-corrected chi connectivity index (χ3v) is 3.85. The molecule has 110 valence electrons. The average Bonchev–Trinajstić information content (AvgIpc) is 2.85. The van der Waals surface area contributed by atoms with Crippen molar-refractivity contribution < 1.29 is 0 Å². The second kappa shape index (κ2) is 6.11. The zero-order chi connectivity index (χ0) is 14.7. The van der Waals surface area contributed by atoms with Gasteiger partial charge in [0.2, 0.25) is 0 Å². The average molecular weight is 275 g/mol. The van der Waals surface area contributed by atoms with E-state index in [0.717, 1.165) is 23.8 Å². The Balaban J connectivity index is 2.22. The van der Waals surface area contributed by atoms with E-state index in [9.17, 15) is 0 Å². The van der Waals surface area contributed by atoms with Gasteiger partial charge in [-0.2, -0.15) is 0 Å². The molecular formula is C15H25N5. The lowest BCUT2D eigenvalue weighted by molar-refractivity contribution is 0.304. The molecule has 0 saturated heterocycles. The third-order valence-electron chi connectivity index (χ3n) is 3.85. The van der Waals surface area contributed by atoms with Crippen molar-refractivity contribution >= 4 is 17.3 Å². The maximum atomic E-state index is 4.58. The lowest BCUT2D eigenvalue weighted by Gasteiger charge is -2.25. The van der Waals surface area contributed by atoms with E-state index < -0.39 is 0 Å². The van der Waals surface area contributed by atoms with Crippen molar-refractivity contribution in [2.45, 2.75) is 27.7 Å². The van der Waals surface area contributed by atoms with E-state index >= 15 is 0 Å². The number of hydrogen-bond acceptors (Lipinski definition) is 4. The Bertz CT molecular complexity index is 550. The number of nitrogens with zero attached hydrogens (tertiary/aromatic N) is 3. The van der Waals surface area contributed by atoms with Crippen LogP contribution in [0.25, 0.3) is 5.65 Å². The highest BCUT2D eigenvalue weighted by Gasteiger charge is 2.18. The van der Waals surface area contributed by atoms with Gasteiger partial charge in [0.1, 0.15) is 5.82 Å². The SMILES string of the molecule is CNc1cn2ccnc2c(NCC(C(C)C)C(C)C)n1. The molecule has 0 aromatic carbocycles. The number of imidazole rings is 1. The molecule has 0 spiro atoms. The maximum Gasteiger partial charge on any atom is 0.180 e. The second-order valence-electron chi connectivity index (χ2n) is 5.92. The van der Waals surface area contributed by atoms with Crippen LogP contribution in [0.15, 0.2) is 18.6 Å². The minimum atomic E-state index is 0.616. The summed E-state index contributed by atoms with van der Waals surface area (Å²) in [6, 6.07) is 0. The van der Waals surface area contributed by atoms with Crippen LogP contribution in [-0.4, -0.2) is 28.0 Å². The molecule has 2 rings (SSSR count). The van der Waals surface area contributed by atoms with E-state index in [1.807, 2.05) is 23.8 Å². The molecule has 0 radical (unpaired) electrons. The summed E-state index contributed by atoms with van der Waals surface area (Å²) in [5.74, 6) is 3.58. The van der Waals surface area contributed by atoms with Crippen LogP contribution in [0.1, 0.15) is 27.7 Å². The van der Waals surface area contributed by atoms with Gasteiger partial charge in [-0.05, 0) is 17.8 Å². The molecule has 0 aliphatic carbocycles. The number of nitrogens with one attached hydrogen (secondary N) is 2. The molecule has 0 fully saturated rings. The van der Waals surface area contributed by atoms with Crippen molar-refractivity contribution in [3.63, 3.8) is 0 Å². The van der Waals surface area contributed by atoms with Gasteiger partial charge < -0.3 is 15.0 Å². The van der Waals surface area contributed by atoms with Crippen LogP contribution in [0, 0.1) is 17.8 Å². The normalized spacial score (nSPS) is 11.8. The predicted octanol–water partition coefficient (Wildman–Crippen LogP) is 3.11. The summed E-state index contributed by atoms with van der Waals surface area (Å²) in [6.07, 6.45) is 5.67. The summed E-state index contributed by atoms with van der Waals surface area (Å²) < 4.78 is 1.99. The topological polar surface area (TPSA) is 54.2 Å². The fourth-order valence-electron chi connectivity index (χ4n) is 2.63. The zero-order valence-corrected chi connectivity index (χ0v) is 13.0. The first-order valence-corrected chi connectivity index (χ1v) is 7.28. The van der Waals surface area contributed by atoms with E-state index in [4.69, 9.17) is 0 Å². The Labute approximate surface area is 120 Å². The summed E-state index contributed by atoms with van der Waals surface area (Å²) in [4.78, 5) is 8.95. The first-order valence-electron chi connectivity index (χ1n) is 7.28. The van der Waals surface area contributed by atoms with Gasteiger partial charge >= 0.3 is 0 Å². The van der Waals surface area contributed by atoms with E-state index in [1.54, 1.807) is 6.20 Å². The number of fused-ring (bicyclic) bond motifs is 1. The molecule has 0 aliphatic heterocycles. The van der Waals surface area contributed by atoms with Crippen LogP contribution >= 0.6 is 0 Å². The van der Waals surface area contributed by atoms with Crippen molar-refractivity contribution in [1.29, 1.82) is 0 Å². The van der Waals surface area contributed by atoms with Gasteiger partial charge in [-0.15, -0.1) is 0 Å². The maximum absolute atomic E-state index is 4.58. The lowest BCUT2D eigenvalue weighted by Crippen LogP contribution is -2.25. The van der Waals surface area contributed by atoms with Gasteiger partial charge in [-0.3, -0.25) is 0 Å². The van der Waals surface area contributed by atoms with Crippen molar-refractivity contribution in [2.24, 2.45) is 17.8 Å². The quantitative estimate of drug-likeness (QED) is 0.850. The molecule has 2 aromatic rings. The first-order chi connectivity index (χ1) is 9.52. The summed E-state index contributed by atoms with van der Waals surface area (Å²) in [7, 11) is 1.87. The molecule has 0 unspecified atom stereocenters. The standard InChI is InChI=1S/C15H25N5/c1-10(2)12(11(3)4)8-18-14-15-17-6-7-20(15)9-13(16-5)19-14/h6-7,9-12,16H,8H2,1-5H3,(H,18,19). The Morgan fingerprint density at radius 3 is 2.50 bits per heavy atom. The van der Waals surface area contributed by atoms with Gasteiger partial charge in [0.15, 0.2) is 11.5 Å². The van der Waals surface area contributed by atoms with Crippen molar-refractivity contribution in [3.8, 4) is 0 Å². The molecular weight excluding hydrogens is 250 g/mol. The van der Waals surface area contributed by atoms with Crippen molar-refractivity contribution in [1.82, 2.24) is 14.4 Å². The van der Waals surface area contributed by atoms with Gasteiger partial charge in [0.05, 0.1) is 6.20 Å². The van der Waals surface area contributed by atoms with E-state index in [0.29, 0.717) is 17.8 Å². The molecule has 0 bridgehead atoms. The highest BCUT2D eigenvalue weighted by atomic mass is 15.1. The van der Waals surface area contributed by atoms with E-state index in [2.05, 4.69) is 48.3 Å². The molecule has 5 heteroatoms. The van der Waals surface area contributed by atoms with Crippen LogP contribution < -0.4 is 10.6 Å². The first kappa shape index (κ1) is 14.6. The highest BCUT2D eigenvalue weighted by molar-refractivity contribution is 5.65. The third kappa shape index (κ3) is 3.03. The Morgan fingerprint density at radius 1 is 1.20 bits per heavy atom. The molecule has 0 aliphatic rings. The lowest BCUT2D eigenvalue weighted by atomic mass is 9.85. The molecule has 5 nitrogen and oxygen atoms in total. The minimum Gasteiger partial charge on any atom is -0.372 e. The zero-order valence-electron chi connectivity index (χ0n) is 13.0. The molecule has 20 heavy (non-hydrogen) atoms. The number of anilines is 2. The second-order valence-corrected chi connectivity index (χ2v) is 5.92. The molecule has 2 heterocycles. The summed E-state index contributed by atoms with van der Waals surface area (Å²) in [5, 5.41) is 6.56. The Kier molecular flexibility index (Phi) is 4.47. The van der Waals surface area contributed by atoms with Crippen LogP contribution in [-0.2, 0) is 0 Å². The largest absolute Gasteiger partial charge is 0.372 e. The van der Waals surface area contributed by atoms with E-state index in [1.165, 1.54) is 0 Å². The van der Waals surface area contributed by atoms with Crippen LogP contribution in [0.5, 0.6) is 0 Å². The van der Waals surface area contributed by atoms with Gasteiger partial charge in [0.25, 0.3) is 0 Å². The van der Waals surface area contributed by atoms with Crippen LogP contribution in [0.2, 0.25) is 0 Å². The molecule has 0 atom stereocenters. The Morgan fingerprint density at radius 2 is 1.90 bits per heavy atom. The smallest absolute Gasteiger partial charge is 0.180 e. The summed E-state index contributed by atoms with van der Waals surface area (Å²) in [6.45, 7) is 10.0. The van der Waals surface area contributed by atoms with Gasteiger partial charge in [0, 0.05) is 26.0 Å². The van der Waals surface area contributed by atoms with Crippen LogP contribution in [0.4, 0.5) is 11.6 Å². The fraction of sp³-hybridized carbons (Fsp3) is 0.600. The Hall–Kier alpha value is -1.78. The predicted molar refractivity (Wildman–Crippen MR) is 84.2 cm³/mol. The molecule has 2 N–H and O–H groups in total. The number of aromatic nitrogens is 3. The molecule has 0 saturated carbocycles. The van der Waals surface area contributed by atoms with Crippen molar-refractivity contribution in [2.75, 3.05) is 24.2 Å². The molecule has 2 aromatic heterocycles. The summed E-state index contributed by atoms with van der Waals surface area (Å²) >= 11 is 0. The number of rotatable bonds is 6. The minimum absolute atomic E-state index is 0.616. The van der Waals surface area contributed by atoms with Gasteiger partial charge in [-0.1, -0.05) is 27.7 Å². The van der Waals surface area contributed by atoms with Crippen LogP contribution in [0.3, 0.4) is 0 Å². The highest BCUT2D eigenvalue weighted by Crippen LogP contribution is 2.22. The fourth-order valence-corrected chi connectivity index (χ4v) is 2.63.